The lowest BCUT2D eigenvalue weighted by Gasteiger charge is -2.28. The summed E-state index contributed by atoms with van der Waals surface area (Å²) in [5, 5.41) is 14.7. The van der Waals surface area contributed by atoms with Crippen LogP contribution in [0.3, 0.4) is 0 Å². The highest BCUT2D eigenvalue weighted by Crippen LogP contribution is 2.26. The second-order valence-corrected chi connectivity index (χ2v) is 5.85. The second-order valence-electron chi connectivity index (χ2n) is 5.85. The summed E-state index contributed by atoms with van der Waals surface area (Å²) in [6.45, 7) is 5.78. The zero-order chi connectivity index (χ0) is 12.9. The topological polar surface area (TPSA) is 64.9 Å². The number of hydrogen-bond donors (Lipinski definition) is 2. The number of carbonyl (C=O) groups excluding carboxylic acids is 1. The minimum Gasteiger partial charge on any atom is -0.334 e. The molecule has 1 rings (SSSR count). The van der Waals surface area contributed by atoms with E-state index in [1.165, 1.54) is 19.3 Å². The SMILES string of the molecule is CC(C)(C)NC(=O)NC(C#N)C1CCCCC1. The van der Waals surface area contributed by atoms with Crippen LogP contribution >= 0.6 is 0 Å². The number of nitriles is 1. The first-order valence-corrected chi connectivity index (χ1v) is 6.40. The lowest BCUT2D eigenvalue weighted by molar-refractivity contribution is 0.222. The molecule has 96 valence electrons. The van der Waals surface area contributed by atoms with E-state index in [9.17, 15) is 4.79 Å². The average molecular weight is 237 g/mol. The summed E-state index contributed by atoms with van der Waals surface area (Å²) >= 11 is 0. The van der Waals surface area contributed by atoms with Crippen LogP contribution < -0.4 is 10.6 Å². The van der Waals surface area contributed by atoms with E-state index in [-0.39, 0.29) is 17.6 Å². The molecule has 0 aromatic heterocycles. The van der Waals surface area contributed by atoms with Gasteiger partial charge < -0.3 is 10.6 Å². The predicted molar refractivity (Wildman–Crippen MR) is 67.4 cm³/mol. The minimum atomic E-state index is -0.349. The van der Waals surface area contributed by atoms with Gasteiger partial charge in [-0.05, 0) is 39.5 Å². The monoisotopic (exact) mass is 237 g/mol. The highest BCUT2D eigenvalue weighted by atomic mass is 16.2. The highest BCUT2D eigenvalue weighted by Gasteiger charge is 2.25. The van der Waals surface area contributed by atoms with Crippen LogP contribution in [0.5, 0.6) is 0 Å². The van der Waals surface area contributed by atoms with Crippen LogP contribution in [0.25, 0.3) is 0 Å². The van der Waals surface area contributed by atoms with Gasteiger partial charge in [0.2, 0.25) is 0 Å². The van der Waals surface area contributed by atoms with Crippen LogP contribution in [0.2, 0.25) is 0 Å². The third-order valence-corrected chi connectivity index (χ3v) is 3.04. The van der Waals surface area contributed by atoms with E-state index in [0.29, 0.717) is 5.92 Å². The van der Waals surface area contributed by atoms with E-state index < -0.39 is 0 Å². The Bertz CT molecular complexity index is 295. The molecule has 1 saturated carbocycles. The van der Waals surface area contributed by atoms with Crippen LogP contribution in [0.15, 0.2) is 0 Å². The van der Waals surface area contributed by atoms with Crippen molar-refractivity contribution in [3.8, 4) is 6.07 Å². The van der Waals surface area contributed by atoms with E-state index in [2.05, 4.69) is 16.7 Å². The van der Waals surface area contributed by atoms with Crippen LogP contribution in [-0.2, 0) is 0 Å². The van der Waals surface area contributed by atoms with Gasteiger partial charge in [0.15, 0.2) is 0 Å². The largest absolute Gasteiger partial charge is 0.334 e. The molecule has 1 aliphatic rings. The molecule has 2 N–H and O–H groups in total. The van der Waals surface area contributed by atoms with Crippen molar-refractivity contribution in [2.24, 2.45) is 5.92 Å². The van der Waals surface area contributed by atoms with Crippen LogP contribution in [0.4, 0.5) is 4.79 Å². The summed E-state index contributed by atoms with van der Waals surface area (Å²) < 4.78 is 0. The molecule has 1 unspecified atom stereocenters. The van der Waals surface area contributed by atoms with Gasteiger partial charge in [-0.25, -0.2) is 4.79 Å². The van der Waals surface area contributed by atoms with E-state index in [0.717, 1.165) is 12.8 Å². The fraction of sp³-hybridized carbons (Fsp3) is 0.846. The fourth-order valence-electron chi connectivity index (χ4n) is 2.24. The molecular weight excluding hydrogens is 214 g/mol. The number of hydrogen-bond acceptors (Lipinski definition) is 2. The third kappa shape index (κ3) is 5.08. The van der Waals surface area contributed by atoms with Gasteiger partial charge in [-0.1, -0.05) is 19.3 Å². The molecule has 1 atom stereocenters. The smallest absolute Gasteiger partial charge is 0.316 e. The van der Waals surface area contributed by atoms with Crippen molar-refractivity contribution in [1.29, 1.82) is 5.26 Å². The molecule has 0 aromatic carbocycles. The number of amides is 2. The Morgan fingerprint density at radius 3 is 2.35 bits per heavy atom. The first-order valence-electron chi connectivity index (χ1n) is 6.40. The predicted octanol–water partition coefficient (Wildman–Crippen LogP) is 2.56. The van der Waals surface area contributed by atoms with Crippen molar-refractivity contribution in [3.63, 3.8) is 0 Å². The Morgan fingerprint density at radius 1 is 1.29 bits per heavy atom. The van der Waals surface area contributed by atoms with Crippen molar-refractivity contribution < 1.29 is 4.79 Å². The van der Waals surface area contributed by atoms with Crippen LogP contribution in [-0.4, -0.2) is 17.6 Å². The van der Waals surface area contributed by atoms with Gasteiger partial charge in [0, 0.05) is 5.54 Å². The van der Waals surface area contributed by atoms with Crippen LogP contribution in [0.1, 0.15) is 52.9 Å². The molecule has 0 heterocycles. The molecular formula is C13H23N3O. The summed E-state index contributed by atoms with van der Waals surface area (Å²) in [4.78, 5) is 11.7. The molecule has 17 heavy (non-hydrogen) atoms. The number of nitrogens with one attached hydrogen (secondary N) is 2. The van der Waals surface area contributed by atoms with Crippen molar-refractivity contribution in [2.75, 3.05) is 0 Å². The Kier molecular flexibility index (Phi) is 4.80. The molecule has 0 spiro atoms. The number of nitrogens with zero attached hydrogens (tertiary/aromatic N) is 1. The van der Waals surface area contributed by atoms with Gasteiger partial charge in [0.1, 0.15) is 6.04 Å². The summed E-state index contributed by atoms with van der Waals surface area (Å²) in [7, 11) is 0. The van der Waals surface area contributed by atoms with Gasteiger partial charge in [0.25, 0.3) is 0 Å². The van der Waals surface area contributed by atoms with Crippen LogP contribution in [0, 0.1) is 17.2 Å². The molecule has 0 aliphatic heterocycles. The summed E-state index contributed by atoms with van der Waals surface area (Å²) in [5.74, 6) is 0.319. The summed E-state index contributed by atoms with van der Waals surface area (Å²) in [6, 6.07) is 1.63. The maximum absolute atomic E-state index is 11.7. The number of carbonyl (C=O) groups is 1. The molecule has 1 fully saturated rings. The Labute approximate surface area is 104 Å². The highest BCUT2D eigenvalue weighted by molar-refractivity contribution is 5.75. The van der Waals surface area contributed by atoms with Crippen molar-refractivity contribution >= 4 is 6.03 Å². The third-order valence-electron chi connectivity index (χ3n) is 3.04. The maximum Gasteiger partial charge on any atom is 0.316 e. The average Bonchev–Trinajstić information content (AvgIpc) is 2.24. The normalized spacial score (nSPS) is 19.2. The Balaban J connectivity index is 2.46. The molecule has 4 heteroatoms. The summed E-state index contributed by atoms with van der Waals surface area (Å²) in [5.41, 5.74) is -0.267. The van der Waals surface area contributed by atoms with Crippen molar-refractivity contribution in [1.82, 2.24) is 10.6 Å². The fourth-order valence-corrected chi connectivity index (χ4v) is 2.24. The lowest BCUT2D eigenvalue weighted by atomic mass is 9.84. The van der Waals surface area contributed by atoms with Gasteiger partial charge in [-0.3, -0.25) is 0 Å². The van der Waals surface area contributed by atoms with Gasteiger partial charge in [0.05, 0.1) is 6.07 Å². The number of urea groups is 1. The minimum absolute atomic E-state index is 0.241. The zero-order valence-corrected chi connectivity index (χ0v) is 11.0. The van der Waals surface area contributed by atoms with Crippen molar-refractivity contribution in [2.45, 2.75) is 64.5 Å². The van der Waals surface area contributed by atoms with Crippen molar-refractivity contribution in [3.05, 3.63) is 0 Å². The molecule has 0 bridgehead atoms. The van der Waals surface area contributed by atoms with E-state index in [4.69, 9.17) is 5.26 Å². The Morgan fingerprint density at radius 2 is 1.88 bits per heavy atom. The lowest BCUT2D eigenvalue weighted by Crippen LogP contribution is -2.51. The van der Waals surface area contributed by atoms with Gasteiger partial charge >= 0.3 is 6.03 Å². The number of rotatable bonds is 2. The second kappa shape index (κ2) is 5.90. The quantitative estimate of drug-likeness (QED) is 0.775. The molecule has 2 amide bonds. The Hall–Kier alpha value is -1.24. The van der Waals surface area contributed by atoms with Gasteiger partial charge in [-0.15, -0.1) is 0 Å². The van der Waals surface area contributed by atoms with E-state index >= 15 is 0 Å². The first-order chi connectivity index (χ1) is 7.92. The molecule has 1 aliphatic carbocycles. The van der Waals surface area contributed by atoms with E-state index in [1.54, 1.807) is 0 Å². The van der Waals surface area contributed by atoms with Gasteiger partial charge in [-0.2, -0.15) is 5.26 Å². The standard InChI is InChI=1S/C13H23N3O/c1-13(2,3)16-12(17)15-11(9-14)10-7-5-4-6-8-10/h10-11H,4-8H2,1-3H3,(H2,15,16,17). The maximum atomic E-state index is 11.7. The zero-order valence-electron chi connectivity index (χ0n) is 11.0. The van der Waals surface area contributed by atoms with E-state index in [1.807, 2.05) is 20.8 Å². The molecule has 0 radical (unpaired) electrons. The summed E-state index contributed by atoms with van der Waals surface area (Å²) in [6.07, 6.45) is 5.70. The molecule has 4 nitrogen and oxygen atoms in total. The first kappa shape index (κ1) is 13.8. The molecule has 0 saturated heterocycles. The molecule has 0 aromatic rings.